The Hall–Kier alpha value is -1.75. The van der Waals surface area contributed by atoms with Crippen LogP contribution in [-0.4, -0.2) is 62.8 Å². The number of anilines is 2. The van der Waals surface area contributed by atoms with Crippen molar-refractivity contribution >= 4 is 17.3 Å². The molecule has 0 radical (unpaired) electrons. The van der Waals surface area contributed by atoms with E-state index < -0.39 is 0 Å². The van der Waals surface area contributed by atoms with Gasteiger partial charge in [0.05, 0.1) is 0 Å². The molecule has 26 heavy (non-hydrogen) atoms. The monoisotopic (exact) mass is 357 g/mol. The molecule has 3 saturated heterocycles. The van der Waals surface area contributed by atoms with E-state index in [0.29, 0.717) is 0 Å². The lowest BCUT2D eigenvalue weighted by atomic mass is 9.99. The van der Waals surface area contributed by atoms with E-state index in [1.54, 1.807) is 0 Å². The highest BCUT2D eigenvalue weighted by atomic mass is 16.5. The number of amides is 1. The molecule has 5 heteroatoms. The fourth-order valence-corrected chi connectivity index (χ4v) is 4.30. The molecular weight excluding hydrogens is 326 g/mol. The van der Waals surface area contributed by atoms with Crippen molar-refractivity contribution in [1.82, 2.24) is 4.90 Å². The first-order valence-electron chi connectivity index (χ1n) is 10.2. The van der Waals surface area contributed by atoms with E-state index >= 15 is 0 Å². The molecule has 1 unspecified atom stereocenters. The summed E-state index contributed by atoms with van der Waals surface area (Å²) >= 11 is 0. The van der Waals surface area contributed by atoms with E-state index in [1.807, 2.05) is 4.90 Å². The number of hydrogen-bond donors (Lipinski definition) is 0. The Bertz CT molecular complexity index is 596. The Morgan fingerprint density at radius 2 is 1.46 bits per heavy atom. The molecular formula is C21H31N3O2. The highest BCUT2D eigenvalue weighted by Gasteiger charge is 2.30. The molecule has 1 aromatic rings. The number of piperazine rings is 1. The van der Waals surface area contributed by atoms with Crippen LogP contribution in [0.15, 0.2) is 24.3 Å². The van der Waals surface area contributed by atoms with E-state index in [1.165, 1.54) is 37.3 Å². The van der Waals surface area contributed by atoms with Crippen LogP contribution < -0.4 is 9.80 Å². The van der Waals surface area contributed by atoms with Gasteiger partial charge in [-0.15, -0.1) is 0 Å². The zero-order valence-corrected chi connectivity index (χ0v) is 15.9. The number of carbonyl (C=O) groups is 1. The van der Waals surface area contributed by atoms with E-state index in [2.05, 4.69) is 41.0 Å². The van der Waals surface area contributed by atoms with Crippen LogP contribution in [0.2, 0.25) is 0 Å². The van der Waals surface area contributed by atoms with E-state index in [0.717, 1.165) is 51.5 Å². The molecule has 0 aromatic heterocycles. The Balaban J connectivity index is 1.31. The predicted molar refractivity (Wildman–Crippen MR) is 105 cm³/mol. The van der Waals surface area contributed by atoms with Crippen molar-refractivity contribution in [2.45, 2.75) is 38.7 Å². The molecule has 3 aliphatic heterocycles. The molecule has 0 bridgehead atoms. The van der Waals surface area contributed by atoms with Crippen molar-refractivity contribution in [3.05, 3.63) is 24.3 Å². The van der Waals surface area contributed by atoms with Crippen LogP contribution in [0.1, 0.15) is 32.6 Å². The summed E-state index contributed by atoms with van der Waals surface area (Å²) in [6.07, 6.45) is 4.30. The number of carbonyl (C=O) groups excluding carboxylic acids is 1. The molecule has 3 heterocycles. The summed E-state index contributed by atoms with van der Waals surface area (Å²) in [6, 6.07) is 9.00. The average Bonchev–Trinajstić information content (AvgIpc) is 3.23. The maximum Gasteiger partial charge on any atom is 0.251 e. The third-order valence-corrected chi connectivity index (χ3v) is 6.16. The number of ether oxygens (including phenoxy) is 1. The van der Waals surface area contributed by atoms with Gasteiger partial charge < -0.3 is 19.4 Å². The van der Waals surface area contributed by atoms with Gasteiger partial charge in [-0.2, -0.15) is 0 Å². The molecule has 4 rings (SSSR count). The van der Waals surface area contributed by atoms with E-state index in [4.69, 9.17) is 4.74 Å². The van der Waals surface area contributed by atoms with Gasteiger partial charge in [0.2, 0.25) is 0 Å². The summed E-state index contributed by atoms with van der Waals surface area (Å²) in [7, 11) is 0. The maximum atomic E-state index is 12.5. The minimum Gasteiger partial charge on any atom is -0.372 e. The summed E-state index contributed by atoms with van der Waals surface area (Å²) in [4.78, 5) is 19.3. The summed E-state index contributed by atoms with van der Waals surface area (Å²) in [6.45, 7) is 8.82. The lowest BCUT2D eigenvalue weighted by Crippen LogP contribution is -2.51. The normalized spacial score (nSPS) is 25.0. The first-order valence-corrected chi connectivity index (χ1v) is 10.2. The zero-order valence-electron chi connectivity index (χ0n) is 15.9. The number of hydrogen-bond acceptors (Lipinski definition) is 4. The van der Waals surface area contributed by atoms with Gasteiger partial charge in [0.15, 0.2) is 0 Å². The smallest absolute Gasteiger partial charge is 0.251 e. The quantitative estimate of drug-likeness (QED) is 0.833. The van der Waals surface area contributed by atoms with Crippen molar-refractivity contribution in [3.63, 3.8) is 0 Å². The van der Waals surface area contributed by atoms with Crippen LogP contribution in [0.4, 0.5) is 11.4 Å². The van der Waals surface area contributed by atoms with E-state index in [9.17, 15) is 4.79 Å². The zero-order chi connectivity index (χ0) is 17.9. The third-order valence-electron chi connectivity index (χ3n) is 6.16. The SMILES string of the molecule is CC1CCN(c2ccc(N3CCN(C(=O)C4CCCO4)CC3)cc2)CC1. The van der Waals surface area contributed by atoms with Crippen LogP contribution in [0.5, 0.6) is 0 Å². The lowest BCUT2D eigenvalue weighted by molar-refractivity contribution is -0.141. The Morgan fingerprint density at radius 3 is 2.00 bits per heavy atom. The standard InChI is InChI=1S/C21H31N3O2/c1-17-8-10-22(11-9-17)18-4-6-19(7-5-18)23-12-14-24(15-13-23)21(25)20-3-2-16-26-20/h4-7,17,20H,2-3,8-16H2,1H3. The summed E-state index contributed by atoms with van der Waals surface area (Å²) in [5, 5.41) is 0. The van der Waals surface area contributed by atoms with E-state index in [-0.39, 0.29) is 12.0 Å². The minimum absolute atomic E-state index is 0.187. The van der Waals surface area contributed by atoms with Gasteiger partial charge in [-0.05, 0) is 55.9 Å². The molecule has 0 spiro atoms. The lowest BCUT2D eigenvalue weighted by Gasteiger charge is -2.37. The second kappa shape index (κ2) is 7.87. The fourth-order valence-electron chi connectivity index (χ4n) is 4.30. The molecule has 1 aromatic carbocycles. The molecule has 0 aliphatic carbocycles. The van der Waals surface area contributed by atoms with Crippen LogP contribution in [-0.2, 0) is 9.53 Å². The van der Waals surface area contributed by atoms with Gasteiger partial charge in [0, 0.05) is 57.3 Å². The third kappa shape index (κ3) is 3.83. The molecule has 5 nitrogen and oxygen atoms in total. The van der Waals surface area contributed by atoms with Gasteiger partial charge >= 0.3 is 0 Å². The summed E-state index contributed by atoms with van der Waals surface area (Å²) in [5.41, 5.74) is 2.61. The van der Waals surface area contributed by atoms with Gasteiger partial charge in [0.25, 0.3) is 5.91 Å². The van der Waals surface area contributed by atoms with Crippen molar-refractivity contribution in [3.8, 4) is 0 Å². The van der Waals surface area contributed by atoms with Crippen LogP contribution in [0, 0.1) is 5.92 Å². The molecule has 1 amide bonds. The summed E-state index contributed by atoms with van der Waals surface area (Å²) < 4.78 is 5.55. The van der Waals surface area contributed by atoms with Crippen molar-refractivity contribution in [1.29, 1.82) is 0 Å². The molecule has 3 fully saturated rings. The molecule has 3 aliphatic rings. The van der Waals surface area contributed by atoms with Crippen molar-refractivity contribution in [2.75, 3.05) is 55.7 Å². The second-order valence-electron chi connectivity index (χ2n) is 8.00. The van der Waals surface area contributed by atoms with Crippen LogP contribution in [0.3, 0.4) is 0 Å². The topological polar surface area (TPSA) is 36.0 Å². The minimum atomic E-state index is -0.187. The Labute approximate surface area is 156 Å². The van der Waals surface area contributed by atoms with Gasteiger partial charge in [-0.1, -0.05) is 6.92 Å². The van der Waals surface area contributed by atoms with Crippen molar-refractivity contribution in [2.24, 2.45) is 5.92 Å². The van der Waals surface area contributed by atoms with Crippen LogP contribution in [0.25, 0.3) is 0 Å². The average molecular weight is 357 g/mol. The largest absolute Gasteiger partial charge is 0.372 e. The number of benzene rings is 1. The summed E-state index contributed by atoms with van der Waals surface area (Å²) in [5.74, 6) is 1.05. The number of piperidine rings is 1. The Kier molecular flexibility index (Phi) is 5.34. The molecule has 0 N–H and O–H groups in total. The maximum absolute atomic E-state index is 12.5. The van der Waals surface area contributed by atoms with Gasteiger partial charge in [-0.25, -0.2) is 0 Å². The first kappa shape index (κ1) is 17.7. The van der Waals surface area contributed by atoms with Gasteiger partial charge in [-0.3, -0.25) is 4.79 Å². The highest BCUT2D eigenvalue weighted by Crippen LogP contribution is 2.26. The van der Waals surface area contributed by atoms with Crippen molar-refractivity contribution < 1.29 is 9.53 Å². The second-order valence-corrected chi connectivity index (χ2v) is 8.00. The number of rotatable bonds is 3. The highest BCUT2D eigenvalue weighted by molar-refractivity contribution is 5.81. The molecule has 0 saturated carbocycles. The first-order chi connectivity index (χ1) is 12.7. The predicted octanol–water partition coefficient (Wildman–Crippen LogP) is 2.75. The Morgan fingerprint density at radius 1 is 0.885 bits per heavy atom. The van der Waals surface area contributed by atoms with Gasteiger partial charge in [0.1, 0.15) is 6.10 Å². The van der Waals surface area contributed by atoms with Crippen LogP contribution >= 0.6 is 0 Å². The molecule has 142 valence electrons. The fraction of sp³-hybridized carbons (Fsp3) is 0.667. The number of nitrogens with zero attached hydrogens (tertiary/aromatic N) is 3. The molecule has 1 atom stereocenters.